The topological polar surface area (TPSA) is 98.1 Å². The summed E-state index contributed by atoms with van der Waals surface area (Å²) in [6.45, 7) is 5.85. The smallest absolute Gasteiger partial charge is 0.348 e. The number of ether oxygens (including phenoxy) is 1. The molecular formula is C24H26N4O3. The molecule has 0 bridgehead atoms. The zero-order valence-corrected chi connectivity index (χ0v) is 18.2. The highest BCUT2D eigenvalue weighted by molar-refractivity contribution is 5.96. The summed E-state index contributed by atoms with van der Waals surface area (Å²) in [5.74, 6) is -0.639. The predicted molar refractivity (Wildman–Crippen MR) is 115 cm³/mol. The lowest BCUT2D eigenvalue weighted by molar-refractivity contribution is -0.747. The number of likely N-dealkylation sites (tertiary alicyclic amines) is 1. The zero-order chi connectivity index (χ0) is 22.1. The van der Waals surface area contributed by atoms with E-state index in [1.807, 2.05) is 26.8 Å². The number of anilines is 1. The molecule has 7 heteroatoms. The first kappa shape index (κ1) is 20.0. The average molecular weight is 418 g/mol. The van der Waals surface area contributed by atoms with Crippen molar-refractivity contribution in [1.82, 2.24) is 4.98 Å². The molecule has 1 aromatic heterocycles. The third-order valence-corrected chi connectivity index (χ3v) is 7.19. The Morgan fingerprint density at radius 2 is 2.10 bits per heavy atom. The van der Waals surface area contributed by atoms with Gasteiger partial charge in [-0.15, -0.1) is 0 Å². The number of nitriles is 1. The number of aryl methyl sites for hydroxylation is 1. The van der Waals surface area contributed by atoms with Crippen molar-refractivity contribution < 1.29 is 14.2 Å². The molecule has 1 saturated heterocycles. The molecule has 5 rings (SSSR count). The Balaban J connectivity index is 1.75. The summed E-state index contributed by atoms with van der Waals surface area (Å²) in [7, 11) is 1.38. The molecule has 0 radical (unpaired) electrons. The fourth-order valence-corrected chi connectivity index (χ4v) is 5.35. The number of amides is 1. The highest BCUT2D eigenvalue weighted by atomic mass is 16.6. The summed E-state index contributed by atoms with van der Waals surface area (Å²) < 4.78 is 5.16. The SMILES string of the molecule is CC1=C2C(=O)[N+](C)([O-])C3=CC(C#N)=CC(C)C3C2c2c(OC3CCC3)ncc(C)c2N1. The van der Waals surface area contributed by atoms with Gasteiger partial charge in [0.05, 0.1) is 35.9 Å². The van der Waals surface area contributed by atoms with Gasteiger partial charge in [-0.3, -0.25) is 4.65 Å². The molecule has 4 aliphatic rings. The van der Waals surface area contributed by atoms with E-state index in [1.54, 1.807) is 12.3 Å². The summed E-state index contributed by atoms with van der Waals surface area (Å²) in [6, 6.07) is 2.14. The van der Waals surface area contributed by atoms with Gasteiger partial charge < -0.3 is 15.3 Å². The van der Waals surface area contributed by atoms with Crippen LogP contribution in [0.15, 0.2) is 40.9 Å². The second-order valence-electron chi connectivity index (χ2n) is 9.26. The van der Waals surface area contributed by atoms with E-state index in [9.17, 15) is 15.3 Å². The van der Waals surface area contributed by atoms with Crippen molar-refractivity contribution in [3.63, 3.8) is 0 Å². The normalized spacial score (nSPS) is 31.9. The van der Waals surface area contributed by atoms with Crippen LogP contribution in [0.3, 0.4) is 0 Å². The number of allylic oxidation sites excluding steroid dienone is 5. The van der Waals surface area contributed by atoms with E-state index in [1.165, 1.54) is 7.05 Å². The summed E-state index contributed by atoms with van der Waals surface area (Å²) >= 11 is 0. The molecule has 3 heterocycles. The van der Waals surface area contributed by atoms with Crippen LogP contribution in [0.1, 0.15) is 50.2 Å². The molecule has 0 spiro atoms. The van der Waals surface area contributed by atoms with Crippen LogP contribution in [0.4, 0.5) is 5.69 Å². The van der Waals surface area contributed by atoms with Gasteiger partial charge in [-0.05, 0) is 44.6 Å². The van der Waals surface area contributed by atoms with Gasteiger partial charge >= 0.3 is 5.91 Å². The van der Waals surface area contributed by atoms with Crippen molar-refractivity contribution in [3.05, 3.63) is 57.2 Å². The minimum Gasteiger partial charge on any atom is -0.620 e. The monoisotopic (exact) mass is 418 g/mol. The highest BCUT2D eigenvalue weighted by Crippen LogP contribution is 2.57. The first-order valence-corrected chi connectivity index (χ1v) is 10.8. The number of carbonyl (C=O) groups excluding carboxylic acids is 1. The molecule has 2 aliphatic carbocycles. The number of quaternary nitrogens is 1. The molecule has 0 aromatic carbocycles. The van der Waals surface area contributed by atoms with Crippen molar-refractivity contribution in [2.75, 3.05) is 12.4 Å². The number of carbonyl (C=O) groups is 1. The quantitative estimate of drug-likeness (QED) is 0.571. The maximum absolute atomic E-state index is 13.6. The van der Waals surface area contributed by atoms with Gasteiger partial charge in [0.2, 0.25) is 5.88 Å². The maximum Gasteiger partial charge on any atom is 0.348 e. The molecule has 1 N–H and O–H groups in total. The van der Waals surface area contributed by atoms with Crippen LogP contribution >= 0.6 is 0 Å². The Bertz CT molecular complexity index is 1130. The lowest BCUT2D eigenvalue weighted by Gasteiger charge is -2.51. The number of nitrogens with one attached hydrogen (secondary N) is 1. The predicted octanol–water partition coefficient (Wildman–Crippen LogP) is 4.19. The molecule has 7 nitrogen and oxygen atoms in total. The van der Waals surface area contributed by atoms with Crippen LogP contribution in [0.5, 0.6) is 5.88 Å². The molecule has 1 saturated carbocycles. The number of hydrogen-bond donors (Lipinski definition) is 1. The van der Waals surface area contributed by atoms with E-state index < -0.39 is 10.6 Å². The van der Waals surface area contributed by atoms with Gasteiger partial charge in [-0.2, -0.15) is 5.26 Å². The van der Waals surface area contributed by atoms with Gasteiger partial charge in [-0.25, -0.2) is 9.78 Å². The number of hydroxylamine groups is 3. The standard InChI is InChI=1S/C24H26N4O3/c1-12-8-15(10-25)9-17-18(12)20-19(24(29)28(17,4)30)14(3)27-22-13(2)11-26-23(21(20)22)31-16-6-5-7-16/h8-9,11-12,16,18,20,27H,5-7H2,1-4H3. The van der Waals surface area contributed by atoms with Gasteiger partial charge in [0.15, 0.2) is 0 Å². The molecule has 4 atom stereocenters. The number of nitrogens with zero attached hydrogens (tertiary/aromatic N) is 3. The van der Waals surface area contributed by atoms with Crippen molar-refractivity contribution in [3.8, 4) is 11.9 Å². The van der Waals surface area contributed by atoms with Gasteiger partial charge in [0.1, 0.15) is 11.8 Å². The van der Waals surface area contributed by atoms with E-state index >= 15 is 0 Å². The Hall–Kier alpha value is -2.95. The van der Waals surface area contributed by atoms with Crippen molar-refractivity contribution in [1.29, 1.82) is 5.26 Å². The average Bonchev–Trinajstić information content (AvgIpc) is 2.69. The first-order chi connectivity index (χ1) is 14.7. The van der Waals surface area contributed by atoms with Crippen molar-refractivity contribution in [2.45, 2.75) is 52.1 Å². The highest BCUT2D eigenvalue weighted by Gasteiger charge is 2.55. The third-order valence-electron chi connectivity index (χ3n) is 7.19. The molecule has 1 amide bonds. The molecule has 31 heavy (non-hydrogen) atoms. The van der Waals surface area contributed by atoms with Crippen molar-refractivity contribution >= 4 is 11.6 Å². The minimum atomic E-state index is -1.12. The van der Waals surface area contributed by atoms with Crippen LogP contribution in [0, 0.1) is 35.3 Å². The summed E-state index contributed by atoms with van der Waals surface area (Å²) in [6.07, 6.45) is 8.58. The number of likely N-dealkylation sites (N-methyl/N-ethyl adjacent to an activating group) is 1. The summed E-state index contributed by atoms with van der Waals surface area (Å²) in [5, 5.41) is 26.5. The first-order valence-electron chi connectivity index (χ1n) is 10.8. The Morgan fingerprint density at radius 1 is 1.35 bits per heavy atom. The van der Waals surface area contributed by atoms with Gasteiger partial charge in [0.25, 0.3) is 0 Å². The maximum atomic E-state index is 13.6. The largest absolute Gasteiger partial charge is 0.620 e. The second-order valence-corrected chi connectivity index (χ2v) is 9.26. The van der Waals surface area contributed by atoms with Gasteiger partial charge in [-0.1, -0.05) is 13.0 Å². The fraction of sp³-hybridized carbons (Fsp3) is 0.458. The number of aromatic nitrogens is 1. The molecule has 160 valence electrons. The van der Waals surface area contributed by atoms with E-state index in [0.717, 1.165) is 36.1 Å². The van der Waals surface area contributed by atoms with Gasteiger partial charge in [0, 0.05) is 29.5 Å². The number of piperidine rings is 1. The molecular weight excluding hydrogens is 392 g/mol. The molecule has 4 unspecified atom stereocenters. The van der Waals surface area contributed by atoms with E-state index in [0.29, 0.717) is 28.4 Å². The molecule has 1 aromatic rings. The molecule has 2 aliphatic heterocycles. The van der Waals surface area contributed by atoms with Crippen LogP contribution < -0.4 is 10.1 Å². The Kier molecular flexibility index (Phi) is 4.37. The molecule has 2 fully saturated rings. The summed E-state index contributed by atoms with van der Waals surface area (Å²) in [4.78, 5) is 18.1. The lowest BCUT2D eigenvalue weighted by Crippen LogP contribution is -2.55. The van der Waals surface area contributed by atoms with Crippen LogP contribution in [0.2, 0.25) is 0 Å². The zero-order valence-electron chi connectivity index (χ0n) is 18.2. The van der Waals surface area contributed by atoms with E-state index in [-0.39, 0.29) is 23.9 Å². The number of hydrogen-bond acceptors (Lipinski definition) is 6. The Labute approximate surface area is 181 Å². The number of pyridine rings is 1. The van der Waals surface area contributed by atoms with E-state index in [2.05, 4.69) is 16.4 Å². The fourth-order valence-electron chi connectivity index (χ4n) is 5.35. The van der Waals surface area contributed by atoms with Crippen LogP contribution in [-0.2, 0) is 4.79 Å². The second kappa shape index (κ2) is 6.78. The van der Waals surface area contributed by atoms with Crippen LogP contribution in [-0.4, -0.2) is 28.7 Å². The Morgan fingerprint density at radius 3 is 2.74 bits per heavy atom. The lowest BCUT2D eigenvalue weighted by atomic mass is 9.65. The van der Waals surface area contributed by atoms with Crippen molar-refractivity contribution in [2.24, 2.45) is 11.8 Å². The number of fused-ring (bicyclic) bond motifs is 5. The minimum absolute atomic E-state index is 0.0926. The van der Waals surface area contributed by atoms with Crippen LogP contribution in [0.25, 0.3) is 0 Å². The number of rotatable bonds is 2. The summed E-state index contributed by atoms with van der Waals surface area (Å²) in [5.41, 5.74) is 4.80. The third kappa shape index (κ3) is 2.79. The van der Waals surface area contributed by atoms with E-state index in [4.69, 9.17) is 4.74 Å².